The monoisotopic (exact) mass is 509 g/mol. The summed E-state index contributed by atoms with van der Waals surface area (Å²) in [7, 11) is 1.63. The van der Waals surface area contributed by atoms with E-state index in [2.05, 4.69) is 5.32 Å². The number of anilines is 1. The van der Waals surface area contributed by atoms with Crippen LogP contribution in [0.1, 0.15) is 40.0 Å². The Balaban J connectivity index is 1.57. The molecule has 2 heterocycles. The number of esters is 1. The smallest absolute Gasteiger partial charge is 0.356 e. The van der Waals surface area contributed by atoms with Gasteiger partial charge < -0.3 is 15.0 Å². The topological polar surface area (TPSA) is 96.0 Å². The van der Waals surface area contributed by atoms with Gasteiger partial charge in [-0.15, -0.1) is 11.8 Å². The molecule has 36 heavy (non-hydrogen) atoms. The van der Waals surface area contributed by atoms with Gasteiger partial charge in [0.05, 0.1) is 5.57 Å². The van der Waals surface area contributed by atoms with Crippen LogP contribution in [0.25, 0.3) is 0 Å². The maximum atomic E-state index is 13.5. The van der Waals surface area contributed by atoms with E-state index in [0.717, 1.165) is 18.4 Å². The minimum atomic E-state index is -0.812. The second kappa shape index (κ2) is 10.3. The molecular weight excluding hydrogens is 478 g/mol. The number of likely N-dealkylation sites (N-methyl/N-ethyl adjacent to an activating group) is 1. The average molecular weight is 510 g/mol. The van der Waals surface area contributed by atoms with Gasteiger partial charge in [-0.1, -0.05) is 42.0 Å². The molecule has 1 unspecified atom stereocenters. The van der Waals surface area contributed by atoms with E-state index in [-0.39, 0.29) is 35.3 Å². The van der Waals surface area contributed by atoms with E-state index in [1.54, 1.807) is 40.0 Å². The molecule has 0 bridgehead atoms. The maximum absolute atomic E-state index is 13.5. The van der Waals surface area contributed by atoms with Crippen molar-refractivity contribution in [3.63, 3.8) is 0 Å². The molecule has 3 aliphatic rings. The van der Waals surface area contributed by atoms with Crippen molar-refractivity contribution in [2.75, 3.05) is 17.7 Å². The van der Waals surface area contributed by atoms with Gasteiger partial charge in [0.15, 0.2) is 0 Å². The average Bonchev–Trinajstić information content (AvgIpc) is 2.85. The van der Waals surface area contributed by atoms with Crippen molar-refractivity contribution in [3.8, 4) is 0 Å². The lowest BCUT2D eigenvalue weighted by Crippen LogP contribution is -2.71. The molecule has 1 aromatic rings. The molecule has 1 fully saturated rings. The SMILES string of the molecule is CN(C(=O)C1=C(C(=O)OC(C)(C)C)N2C(=O)C(NC(=O)CC3=CCC=CC3)[C@@H]2SC1)c1ccccc1. The Labute approximate surface area is 215 Å². The number of nitrogens with one attached hydrogen (secondary N) is 1. The predicted molar refractivity (Wildman–Crippen MR) is 139 cm³/mol. The Morgan fingerprint density at radius 1 is 1.17 bits per heavy atom. The zero-order chi connectivity index (χ0) is 26.0. The molecule has 1 N–H and O–H groups in total. The van der Waals surface area contributed by atoms with Gasteiger partial charge in [-0.2, -0.15) is 0 Å². The zero-order valence-electron chi connectivity index (χ0n) is 20.9. The number of ether oxygens (including phenoxy) is 1. The molecule has 0 saturated carbocycles. The third-order valence-electron chi connectivity index (χ3n) is 6.06. The first-order valence-corrected chi connectivity index (χ1v) is 13.0. The van der Waals surface area contributed by atoms with E-state index in [4.69, 9.17) is 4.74 Å². The zero-order valence-corrected chi connectivity index (χ0v) is 21.8. The lowest BCUT2D eigenvalue weighted by Gasteiger charge is -2.50. The molecule has 2 atom stereocenters. The number of thioether (sulfide) groups is 1. The lowest BCUT2D eigenvalue weighted by molar-refractivity contribution is -0.159. The van der Waals surface area contributed by atoms with E-state index < -0.39 is 28.9 Å². The summed E-state index contributed by atoms with van der Waals surface area (Å²) in [6.45, 7) is 5.19. The first-order valence-electron chi connectivity index (χ1n) is 11.9. The Morgan fingerprint density at radius 2 is 1.89 bits per heavy atom. The summed E-state index contributed by atoms with van der Waals surface area (Å²) in [4.78, 5) is 55.3. The van der Waals surface area contributed by atoms with E-state index in [1.807, 2.05) is 36.4 Å². The minimum Gasteiger partial charge on any atom is -0.455 e. The van der Waals surface area contributed by atoms with Crippen molar-refractivity contribution < 1.29 is 23.9 Å². The predicted octanol–water partition coefficient (Wildman–Crippen LogP) is 3.31. The fourth-order valence-electron chi connectivity index (χ4n) is 4.29. The fourth-order valence-corrected chi connectivity index (χ4v) is 5.63. The molecule has 1 aromatic carbocycles. The van der Waals surface area contributed by atoms with Crippen LogP contribution in [0.2, 0.25) is 0 Å². The van der Waals surface area contributed by atoms with Crippen molar-refractivity contribution in [1.29, 1.82) is 0 Å². The summed E-state index contributed by atoms with van der Waals surface area (Å²) >= 11 is 1.35. The number of nitrogens with zero attached hydrogens (tertiary/aromatic N) is 2. The van der Waals surface area contributed by atoms with Crippen LogP contribution in [0.4, 0.5) is 5.69 Å². The van der Waals surface area contributed by atoms with Crippen molar-refractivity contribution in [3.05, 3.63) is 65.4 Å². The second-order valence-electron chi connectivity index (χ2n) is 9.93. The largest absolute Gasteiger partial charge is 0.455 e. The van der Waals surface area contributed by atoms with Crippen molar-refractivity contribution >= 4 is 41.1 Å². The van der Waals surface area contributed by atoms with Gasteiger partial charge >= 0.3 is 5.97 Å². The summed E-state index contributed by atoms with van der Waals surface area (Å²) < 4.78 is 5.59. The molecule has 1 saturated heterocycles. The van der Waals surface area contributed by atoms with E-state index in [0.29, 0.717) is 5.69 Å². The summed E-state index contributed by atoms with van der Waals surface area (Å²) in [5, 5.41) is 2.34. The number of allylic oxidation sites excluding steroid dienone is 3. The molecule has 1 aliphatic carbocycles. The number of carbonyl (C=O) groups is 4. The molecule has 0 spiro atoms. The first kappa shape index (κ1) is 25.8. The van der Waals surface area contributed by atoms with Crippen LogP contribution in [0.15, 0.2) is 65.4 Å². The normalized spacial score (nSPS) is 21.3. The number of benzene rings is 1. The van der Waals surface area contributed by atoms with Gasteiger partial charge in [0.25, 0.3) is 11.8 Å². The Morgan fingerprint density at radius 3 is 2.53 bits per heavy atom. The highest BCUT2D eigenvalue weighted by Gasteiger charge is 2.55. The summed E-state index contributed by atoms with van der Waals surface area (Å²) in [6.07, 6.45) is 7.85. The second-order valence-corrected chi connectivity index (χ2v) is 11.0. The van der Waals surface area contributed by atoms with Gasteiger partial charge in [-0.25, -0.2) is 4.79 Å². The molecule has 8 nitrogen and oxygen atoms in total. The van der Waals surface area contributed by atoms with E-state index in [1.165, 1.54) is 21.6 Å². The molecule has 0 aromatic heterocycles. The van der Waals surface area contributed by atoms with Crippen molar-refractivity contribution in [1.82, 2.24) is 10.2 Å². The van der Waals surface area contributed by atoms with Gasteiger partial charge in [0, 0.05) is 24.9 Å². The number of rotatable bonds is 6. The third-order valence-corrected chi connectivity index (χ3v) is 7.34. The molecule has 3 amide bonds. The molecule has 9 heteroatoms. The van der Waals surface area contributed by atoms with Crippen LogP contribution in [0, 0.1) is 0 Å². The highest BCUT2D eigenvalue weighted by Crippen LogP contribution is 2.41. The van der Waals surface area contributed by atoms with Crippen LogP contribution >= 0.6 is 11.8 Å². The molecule has 0 radical (unpaired) electrons. The number of hydrogen-bond acceptors (Lipinski definition) is 6. The summed E-state index contributed by atoms with van der Waals surface area (Å²) in [5.74, 6) is -1.56. The minimum absolute atomic E-state index is 0.0444. The Kier molecular flexibility index (Phi) is 7.40. The summed E-state index contributed by atoms with van der Waals surface area (Å²) in [6, 6.07) is 8.32. The fraction of sp³-hybridized carbons (Fsp3) is 0.407. The van der Waals surface area contributed by atoms with Crippen LogP contribution in [-0.4, -0.2) is 58.4 Å². The molecular formula is C27H31N3O5S. The van der Waals surface area contributed by atoms with Crippen LogP contribution < -0.4 is 10.2 Å². The number of amides is 3. The highest BCUT2D eigenvalue weighted by molar-refractivity contribution is 8.00. The van der Waals surface area contributed by atoms with Crippen LogP contribution in [0.5, 0.6) is 0 Å². The highest BCUT2D eigenvalue weighted by atomic mass is 32.2. The number of β-lactam (4-membered cyclic amide) rings is 1. The number of carbonyl (C=O) groups excluding carboxylic acids is 4. The number of fused-ring (bicyclic) bond motifs is 1. The maximum Gasteiger partial charge on any atom is 0.356 e. The quantitative estimate of drug-likeness (QED) is 0.359. The van der Waals surface area contributed by atoms with Crippen molar-refractivity contribution in [2.45, 2.75) is 57.1 Å². The van der Waals surface area contributed by atoms with E-state index >= 15 is 0 Å². The molecule has 190 valence electrons. The van der Waals surface area contributed by atoms with Gasteiger partial charge in [0.2, 0.25) is 5.91 Å². The third kappa shape index (κ3) is 5.41. The van der Waals surface area contributed by atoms with Crippen LogP contribution in [0.3, 0.4) is 0 Å². The van der Waals surface area contributed by atoms with Gasteiger partial charge in [-0.3, -0.25) is 19.3 Å². The standard InChI is InChI=1S/C27H31N3O5S/c1-27(2,3)35-26(34)22-19(23(32)29(4)18-13-9-6-10-14-18)16-36-25-21(24(33)30(22)25)28-20(31)15-17-11-7-5-8-12-17/h5-7,9-10,12-14,21,25H,8,11,15-16H2,1-4H3,(H,28,31)/t21?,25-/m0/s1. The van der Waals surface area contributed by atoms with Crippen molar-refractivity contribution in [2.24, 2.45) is 0 Å². The summed E-state index contributed by atoms with van der Waals surface area (Å²) in [5.41, 5.74) is 1.03. The number of para-hydroxylation sites is 1. The number of hydrogen-bond donors (Lipinski definition) is 1. The molecule has 4 rings (SSSR count). The van der Waals surface area contributed by atoms with Gasteiger partial charge in [0.1, 0.15) is 22.7 Å². The first-order chi connectivity index (χ1) is 17.1. The lowest BCUT2D eigenvalue weighted by atomic mass is 10.00. The van der Waals surface area contributed by atoms with E-state index in [9.17, 15) is 19.2 Å². The Bertz CT molecular complexity index is 1170. The van der Waals surface area contributed by atoms with Crippen LogP contribution in [-0.2, 0) is 23.9 Å². The van der Waals surface area contributed by atoms with Gasteiger partial charge in [-0.05, 0) is 45.7 Å². The Hall–Kier alpha value is -3.33. The molecule has 2 aliphatic heterocycles.